The van der Waals surface area contributed by atoms with E-state index in [0.29, 0.717) is 6.61 Å². The molecule has 1 fully saturated rings. The van der Waals surface area contributed by atoms with Crippen LogP contribution >= 0.6 is 0 Å². The van der Waals surface area contributed by atoms with Crippen LogP contribution in [0.25, 0.3) is 10.9 Å². The Morgan fingerprint density at radius 2 is 1.83 bits per heavy atom. The van der Waals surface area contributed by atoms with Crippen LogP contribution in [0.3, 0.4) is 0 Å². The van der Waals surface area contributed by atoms with Gasteiger partial charge in [0.2, 0.25) is 0 Å². The maximum absolute atomic E-state index is 12.7. The highest BCUT2D eigenvalue weighted by molar-refractivity contribution is 5.93. The molecule has 128 valence electrons. The predicted molar refractivity (Wildman–Crippen MR) is 97.6 cm³/mol. The van der Waals surface area contributed by atoms with Crippen LogP contribution in [0.15, 0.2) is 17.1 Å². The minimum absolute atomic E-state index is 0.119. The zero-order chi connectivity index (χ0) is 17.0. The standard InChI is InChI=1S/C19H25N3O2/c1-12-9-15-17-19(16(12)21-7-5-20(4)6-8-21)24-11-14(3)22(17)10-13(2)18(15)23/h9-10,14H,5-8,11H2,1-4H3/t14-/m0/s1. The number of benzene rings is 1. The number of hydrogen-bond donors (Lipinski definition) is 0. The highest BCUT2D eigenvalue weighted by atomic mass is 16.5. The summed E-state index contributed by atoms with van der Waals surface area (Å²) in [5.74, 6) is 0.893. The maximum Gasteiger partial charge on any atom is 0.192 e. The fourth-order valence-electron chi connectivity index (χ4n) is 3.93. The number of ether oxygens (including phenoxy) is 1. The molecule has 2 aliphatic heterocycles. The Balaban J connectivity index is 1.99. The van der Waals surface area contributed by atoms with E-state index < -0.39 is 0 Å². The third-order valence-corrected chi connectivity index (χ3v) is 5.38. The van der Waals surface area contributed by atoms with E-state index >= 15 is 0 Å². The number of hydrogen-bond acceptors (Lipinski definition) is 4. The van der Waals surface area contributed by atoms with Crippen LogP contribution < -0.4 is 15.1 Å². The van der Waals surface area contributed by atoms with Gasteiger partial charge in [0.1, 0.15) is 6.61 Å². The third-order valence-electron chi connectivity index (χ3n) is 5.38. The van der Waals surface area contributed by atoms with Crippen molar-refractivity contribution in [1.29, 1.82) is 0 Å². The summed E-state index contributed by atoms with van der Waals surface area (Å²) in [5.41, 5.74) is 4.18. The molecule has 0 saturated carbocycles. The van der Waals surface area contributed by atoms with E-state index in [-0.39, 0.29) is 11.5 Å². The molecule has 1 atom stereocenters. The first-order valence-corrected chi connectivity index (χ1v) is 8.72. The lowest BCUT2D eigenvalue weighted by atomic mass is 10.0. The van der Waals surface area contributed by atoms with Crippen molar-refractivity contribution in [3.8, 4) is 5.75 Å². The molecule has 0 amide bonds. The molecule has 5 heteroatoms. The summed E-state index contributed by atoms with van der Waals surface area (Å²) < 4.78 is 8.41. The Labute approximate surface area is 142 Å². The fraction of sp³-hybridized carbons (Fsp3) is 0.526. The average molecular weight is 327 g/mol. The van der Waals surface area contributed by atoms with Gasteiger partial charge in [0.15, 0.2) is 11.2 Å². The third kappa shape index (κ3) is 2.22. The summed E-state index contributed by atoms with van der Waals surface area (Å²) in [5, 5.41) is 0.784. The summed E-state index contributed by atoms with van der Waals surface area (Å²) in [6, 6.07) is 2.29. The first-order chi connectivity index (χ1) is 11.5. The summed E-state index contributed by atoms with van der Waals surface area (Å²) in [6.07, 6.45) is 1.99. The largest absolute Gasteiger partial charge is 0.487 e. The SMILES string of the molecule is Cc1cc2c(=O)c(C)cn3c2c(c1N1CCN(C)CC1)OC[C@@H]3C. The lowest BCUT2D eigenvalue weighted by Crippen LogP contribution is -2.45. The van der Waals surface area contributed by atoms with Gasteiger partial charge in [0.25, 0.3) is 0 Å². The molecule has 1 aromatic carbocycles. The normalized spacial score (nSPS) is 21.2. The van der Waals surface area contributed by atoms with E-state index in [2.05, 4.69) is 41.3 Å². The van der Waals surface area contributed by atoms with E-state index in [1.54, 1.807) is 0 Å². The molecule has 1 saturated heterocycles. The average Bonchev–Trinajstić information content (AvgIpc) is 2.56. The summed E-state index contributed by atoms with van der Waals surface area (Å²) in [6.45, 7) is 10.9. The van der Waals surface area contributed by atoms with E-state index in [1.807, 2.05) is 13.1 Å². The summed E-state index contributed by atoms with van der Waals surface area (Å²) >= 11 is 0. The van der Waals surface area contributed by atoms with Crippen LogP contribution in [-0.4, -0.2) is 49.3 Å². The van der Waals surface area contributed by atoms with Crippen LogP contribution in [0.5, 0.6) is 5.75 Å². The van der Waals surface area contributed by atoms with Crippen molar-refractivity contribution in [3.05, 3.63) is 33.6 Å². The Morgan fingerprint density at radius 1 is 1.12 bits per heavy atom. The highest BCUT2D eigenvalue weighted by Crippen LogP contribution is 2.42. The van der Waals surface area contributed by atoms with Gasteiger partial charge >= 0.3 is 0 Å². The number of pyridine rings is 1. The molecule has 24 heavy (non-hydrogen) atoms. The van der Waals surface area contributed by atoms with Gasteiger partial charge in [-0.1, -0.05) is 0 Å². The van der Waals surface area contributed by atoms with E-state index in [0.717, 1.165) is 54.0 Å². The monoisotopic (exact) mass is 327 g/mol. The smallest absolute Gasteiger partial charge is 0.192 e. The van der Waals surface area contributed by atoms with Crippen molar-refractivity contribution in [2.24, 2.45) is 0 Å². The Morgan fingerprint density at radius 3 is 2.54 bits per heavy atom. The van der Waals surface area contributed by atoms with E-state index in [4.69, 9.17) is 4.74 Å². The zero-order valence-electron chi connectivity index (χ0n) is 14.9. The molecule has 0 N–H and O–H groups in total. The number of nitrogens with zero attached hydrogens (tertiary/aromatic N) is 3. The zero-order valence-corrected chi connectivity index (χ0v) is 14.9. The Bertz CT molecular complexity index is 863. The lowest BCUT2D eigenvalue weighted by Gasteiger charge is -2.37. The van der Waals surface area contributed by atoms with Crippen LogP contribution in [0.4, 0.5) is 5.69 Å². The number of piperazine rings is 1. The Kier molecular flexibility index (Phi) is 3.57. The maximum atomic E-state index is 12.7. The molecule has 4 rings (SSSR count). The fourth-order valence-corrected chi connectivity index (χ4v) is 3.93. The van der Waals surface area contributed by atoms with Crippen LogP contribution in [0.1, 0.15) is 24.1 Å². The Hall–Kier alpha value is -2.01. The summed E-state index contributed by atoms with van der Waals surface area (Å²) in [4.78, 5) is 17.4. The van der Waals surface area contributed by atoms with Crippen molar-refractivity contribution in [2.75, 3.05) is 44.7 Å². The van der Waals surface area contributed by atoms with Crippen molar-refractivity contribution in [1.82, 2.24) is 9.47 Å². The first kappa shape index (κ1) is 15.5. The van der Waals surface area contributed by atoms with Gasteiger partial charge < -0.3 is 19.1 Å². The highest BCUT2D eigenvalue weighted by Gasteiger charge is 2.28. The molecule has 1 aromatic heterocycles. The van der Waals surface area contributed by atoms with Gasteiger partial charge in [-0.3, -0.25) is 4.79 Å². The number of likely N-dealkylation sites (N-methyl/N-ethyl adjacent to an activating group) is 1. The second-order valence-electron chi connectivity index (χ2n) is 7.27. The lowest BCUT2D eigenvalue weighted by molar-refractivity contribution is 0.246. The molecule has 0 bridgehead atoms. The van der Waals surface area contributed by atoms with Crippen molar-refractivity contribution >= 4 is 16.6 Å². The molecule has 0 aliphatic carbocycles. The number of aryl methyl sites for hydroxylation is 2. The summed E-state index contributed by atoms with van der Waals surface area (Å²) in [7, 11) is 2.16. The van der Waals surface area contributed by atoms with Crippen LogP contribution in [0, 0.1) is 13.8 Å². The van der Waals surface area contributed by atoms with Crippen molar-refractivity contribution in [3.63, 3.8) is 0 Å². The van der Waals surface area contributed by atoms with Crippen molar-refractivity contribution < 1.29 is 4.74 Å². The van der Waals surface area contributed by atoms with Crippen molar-refractivity contribution in [2.45, 2.75) is 26.8 Å². The van der Waals surface area contributed by atoms with Gasteiger partial charge in [-0.2, -0.15) is 0 Å². The second-order valence-corrected chi connectivity index (χ2v) is 7.27. The molecule has 0 spiro atoms. The van der Waals surface area contributed by atoms with Crippen LogP contribution in [0.2, 0.25) is 0 Å². The molecule has 0 unspecified atom stereocenters. The van der Waals surface area contributed by atoms with Crippen LogP contribution in [-0.2, 0) is 0 Å². The topological polar surface area (TPSA) is 37.7 Å². The predicted octanol–water partition coefficient (Wildman–Crippen LogP) is 2.32. The molecule has 0 radical (unpaired) electrons. The molecular formula is C19H25N3O2. The van der Waals surface area contributed by atoms with Gasteiger partial charge in [0.05, 0.1) is 22.6 Å². The molecule has 5 nitrogen and oxygen atoms in total. The molecule has 3 heterocycles. The molecule has 2 aromatic rings. The van der Waals surface area contributed by atoms with Gasteiger partial charge in [0, 0.05) is 37.9 Å². The quantitative estimate of drug-likeness (QED) is 0.806. The van der Waals surface area contributed by atoms with E-state index in [1.165, 1.54) is 5.69 Å². The van der Waals surface area contributed by atoms with Gasteiger partial charge in [-0.25, -0.2) is 0 Å². The van der Waals surface area contributed by atoms with E-state index in [9.17, 15) is 4.79 Å². The number of aromatic nitrogens is 1. The minimum Gasteiger partial charge on any atom is -0.487 e. The molecular weight excluding hydrogens is 302 g/mol. The molecule has 2 aliphatic rings. The number of anilines is 1. The second kappa shape index (κ2) is 5.52. The van der Waals surface area contributed by atoms with Gasteiger partial charge in [-0.15, -0.1) is 0 Å². The minimum atomic E-state index is 0.119. The number of rotatable bonds is 1. The van der Waals surface area contributed by atoms with Gasteiger partial charge in [-0.05, 0) is 39.4 Å². The first-order valence-electron chi connectivity index (χ1n) is 8.72.